The predicted molar refractivity (Wildman–Crippen MR) is 78.3 cm³/mol. The number of rotatable bonds is 10. The summed E-state index contributed by atoms with van der Waals surface area (Å²) in [6, 6.07) is 0. The lowest BCUT2D eigenvalue weighted by Gasteiger charge is -2.22. The molecule has 0 heterocycles. The standard InChI is InChI=1S/C15H29NO4/c1-15(2,3)20-14(19)12(13(17)18)10-8-6-4-5-7-9-11-16/h12H,4-11,16H2,1-3H3,(H,17,18). The van der Waals surface area contributed by atoms with Gasteiger partial charge in [0.2, 0.25) is 0 Å². The summed E-state index contributed by atoms with van der Waals surface area (Å²) in [6.07, 6.45) is 6.35. The second-order valence-electron chi connectivity index (χ2n) is 6.12. The molecule has 5 nitrogen and oxygen atoms in total. The summed E-state index contributed by atoms with van der Waals surface area (Å²) in [6.45, 7) is 5.93. The molecule has 0 radical (unpaired) electrons. The highest BCUT2D eigenvalue weighted by atomic mass is 16.6. The Morgan fingerprint density at radius 1 is 1.05 bits per heavy atom. The maximum atomic E-state index is 11.8. The summed E-state index contributed by atoms with van der Waals surface area (Å²) < 4.78 is 5.14. The molecule has 20 heavy (non-hydrogen) atoms. The molecular formula is C15H29NO4. The number of carbonyl (C=O) groups is 2. The van der Waals surface area contributed by atoms with Crippen LogP contribution in [0.25, 0.3) is 0 Å². The fourth-order valence-corrected chi connectivity index (χ4v) is 1.91. The maximum Gasteiger partial charge on any atom is 0.320 e. The molecule has 118 valence electrons. The van der Waals surface area contributed by atoms with Crippen molar-refractivity contribution in [3.05, 3.63) is 0 Å². The molecule has 0 aliphatic rings. The second-order valence-corrected chi connectivity index (χ2v) is 6.12. The third kappa shape index (κ3) is 9.78. The topological polar surface area (TPSA) is 89.6 Å². The monoisotopic (exact) mass is 287 g/mol. The van der Waals surface area contributed by atoms with E-state index >= 15 is 0 Å². The van der Waals surface area contributed by atoms with Crippen molar-refractivity contribution < 1.29 is 19.4 Å². The third-order valence-electron chi connectivity index (χ3n) is 2.94. The summed E-state index contributed by atoms with van der Waals surface area (Å²) in [5.41, 5.74) is 4.76. The Hall–Kier alpha value is -1.10. The second kappa shape index (κ2) is 9.75. The quantitative estimate of drug-likeness (QED) is 0.366. The number of aliphatic carboxylic acids is 1. The number of esters is 1. The lowest BCUT2D eigenvalue weighted by Crippen LogP contribution is -2.32. The Balaban J connectivity index is 3.98. The molecule has 0 aliphatic carbocycles. The molecule has 0 amide bonds. The van der Waals surface area contributed by atoms with Crippen LogP contribution in [0.2, 0.25) is 0 Å². The molecule has 0 bridgehead atoms. The minimum atomic E-state index is -1.10. The van der Waals surface area contributed by atoms with Crippen molar-refractivity contribution in [2.75, 3.05) is 6.54 Å². The Morgan fingerprint density at radius 3 is 2.00 bits per heavy atom. The number of carboxylic acids is 1. The van der Waals surface area contributed by atoms with Crippen molar-refractivity contribution in [1.82, 2.24) is 0 Å². The molecule has 3 N–H and O–H groups in total. The summed E-state index contributed by atoms with van der Waals surface area (Å²) in [7, 11) is 0. The van der Waals surface area contributed by atoms with Gasteiger partial charge in [0.25, 0.3) is 0 Å². The van der Waals surface area contributed by atoms with Gasteiger partial charge in [0, 0.05) is 0 Å². The van der Waals surface area contributed by atoms with Crippen LogP contribution in [0.3, 0.4) is 0 Å². The van der Waals surface area contributed by atoms with E-state index in [1.54, 1.807) is 20.8 Å². The van der Waals surface area contributed by atoms with Gasteiger partial charge in [0.1, 0.15) is 5.60 Å². The molecule has 1 unspecified atom stereocenters. The first kappa shape index (κ1) is 18.9. The fraction of sp³-hybridized carbons (Fsp3) is 0.867. The van der Waals surface area contributed by atoms with Crippen LogP contribution < -0.4 is 5.73 Å². The highest BCUT2D eigenvalue weighted by molar-refractivity contribution is 5.94. The Bertz CT molecular complexity index is 297. The number of hydrogen-bond donors (Lipinski definition) is 2. The van der Waals surface area contributed by atoms with E-state index in [0.717, 1.165) is 45.1 Å². The van der Waals surface area contributed by atoms with E-state index in [1.807, 2.05) is 0 Å². The molecule has 0 fully saturated rings. The summed E-state index contributed by atoms with van der Waals surface area (Å²) in [4.78, 5) is 22.9. The van der Waals surface area contributed by atoms with Crippen molar-refractivity contribution in [2.45, 2.75) is 71.3 Å². The van der Waals surface area contributed by atoms with E-state index in [1.165, 1.54) is 0 Å². The van der Waals surface area contributed by atoms with Gasteiger partial charge in [-0.25, -0.2) is 0 Å². The molecule has 0 rings (SSSR count). The maximum absolute atomic E-state index is 11.8. The SMILES string of the molecule is CC(C)(C)OC(=O)C(CCCCCCCCN)C(=O)O. The van der Waals surface area contributed by atoms with Crippen LogP contribution in [-0.4, -0.2) is 29.2 Å². The van der Waals surface area contributed by atoms with Gasteiger partial charge < -0.3 is 15.6 Å². The minimum Gasteiger partial charge on any atom is -0.481 e. The van der Waals surface area contributed by atoms with E-state index in [2.05, 4.69) is 0 Å². The van der Waals surface area contributed by atoms with E-state index in [0.29, 0.717) is 6.42 Å². The highest BCUT2D eigenvalue weighted by Crippen LogP contribution is 2.17. The van der Waals surface area contributed by atoms with Crippen molar-refractivity contribution in [3.63, 3.8) is 0 Å². The van der Waals surface area contributed by atoms with Gasteiger partial charge in [0.05, 0.1) is 0 Å². The van der Waals surface area contributed by atoms with Crippen LogP contribution in [-0.2, 0) is 14.3 Å². The van der Waals surface area contributed by atoms with Gasteiger partial charge in [-0.15, -0.1) is 0 Å². The number of carbonyl (C=O) groups excluding carboxylic acids is 1. The van der Waals surface area contributed by atoms with Crippen LogP contribution in [0.5, 0.6) is 0 Å². The normalized spacial score (nSPS) is 13.0. The first-order valence-corrected chi connectivity index (χ1v) is 7.43. The molecule has 0 aromatic heterocycles. The first-order valence-electron chi connectivity index (χ1n) is 7.43. The molecule has 0 aromatic rings. The molecule has 0 aliphatic heterocycles. The summed E-state index contributed by atoms with van der Waals surface area (Å²) in [5.74, 6) is -2.77. The zero-order valence-corrected chi connectivity index (χ0v) is 13.0. The smallest absolute Gasteiger partial charge is 0.320 e. The van der Waals surface area contributed by atoms with Crippen molar-refractivity contribution in [1.29, 1.82) is 0 Å². The number of hydrogen-bond acceptors (Lipinski definition) is 4. The number of carboxylic acid groups (broad SMARTS) is 1. The number of unbranched alkanes of at least 4 members (excludes halogenated alkanes) is 5. The lowest BCUT2D eigenvalue weighted by atomic mass is 10.00. The number of nitrogens with two attached hydrogens (primary N) is 1. The van der Waals surface area contributed by atoms with Gasteiger partial charge in [0.15, 0.2) is 5.92 Å². The van der Waals surface area contributed by atoms with E-state index in [4.69, 9.17) is 15.6 Å². The van der Waals surface area contributed by atoms with Gasteiger partial charge in [-0.3, -0.25) is 9.59 Å². The molecular weight excluding hydrogens is 258 g/mol. The van der Waals surface area contributed by atoms with Crippen molar-refractivity contribution in [2.24, 2.45) is 11.7 Å². The average molecular weight is 287 g/mol. The molecule has 0 spiro atoms. The summed E-state index contributed by atoms with van der Waals surface area (Å²) >= 11 is 0. The van der Waals surface area contributed by atoms with E-state index in [9.17, 15) is 9.59 Å². The van der Waals surface area contributed by atoms with Gasteiger partial charge in [-0.1, -0.05) is 32.1 Å². The van der Waals surface area contributed by atoms with Gasteiger partial charge in [-0.2, -0.15) is 0 Å². The molecule has 0 saturated heterocycles. The van der Waals surface area contributed by atoms with Crippen LogP contribution in [0.15, 0.2) is 0 Å². The molecule has 1 atom stereocenters. The molecule has 5 heteroatoms. The Kier molecular flexibility index (Phi) is 9.21. The average Bonchev–Trinajstić information content (AvgIpc) is 2.29. The zero-order chi connectivity index (χ0) is 15.6. The Morgan fingerprint density at radius 2 is 1.55 bits per heavy atom. The summed E-state index contributed by atoms with van der Waals surface area (Å²) in [5, 5.41) is 9.10. The van der Waals surface area contributed by atoms with E-state index < -0.39 is 23.5 Å². The first-order chi connectivity index (χ1) is 9.28. The molecule has 0 saturated carbocycles. The zero-order valence-electron chi connectivity index (χ0n) is 13.0. The fourth-order valence-electron chi connectivity index (χ4n) is 1.91. The van der Waals surface area contributed by atoms with Gasteiger partial charge in [-0.05, 0) is 40.2 Å². The van der Waals surface area contributed by atoms with E-state index in [-0.39, 0.29) is 0 Å². The number of ether oxygens (including phenoxy) is 1. The van der Waals surface area contributed by atoms with Crippen LogP contribution in [0, 0.1) is 5.92 Å². The van der Waals surface area contributed by atoms with Crippen LogP contribution in [0.1, 0.15) is 65.7 Å². The largest absolute Gasteiger partial charge is 0.481 e. The lowest BCUT2D eigenvalue weighted by molar-refractivity contribution is -0.167. The minimum absolute atomic E-state index is 0.348. The van der Waals surface area contributed by atoms with Crippen molar-refractivity contribution >= 4 is 11.9 Å². The third-order valence-corrected chi connectivity index (χ3v) is 2.94. The van der Waals surface area contributed by atoms with Crippen LogP contribution >= 0.6 is 0 Å². The highest BCUT2D eigenvalue weighted by Gasteiger charge is 2.30. The Labute approximate surface area is 121 Å². The van der Waals surface area contributed by atoms with Crippen LogP contribution in [0.4, 0.5) is 0 Å². The predicted octanol–water partition coefficient (Wildman–Crippen LogP) is 2.72. The van der Waals surface area contributed by atoms with Gasteiger partial charge >= 0.3 is 11.9 Å². The molecule has 0 aromatic carbocycles. The van der Waals surface area contributed by atoms with Crippen molar-refractivity contribution in [3.8, 4) is 0 Å².